The third-order valence-corrected chi connectivity index (χ3v) is 5.71. The number of pyridine rings is 1. The number of aromatic nitrogens is 3. The van der Waals surface area contributed by atoms with Gasteiger partial charge in [0.15, 0.2) is 5.75 Å². The molecule has 0 bridgehead atoms. The molecule has 4 rings (SSSR count). The first-order chi connectivity index (χ1) is 15.6. The van der Waals surface area contributed by atoms with Crippen LogP contribution in [0, 0.1) is 0 Å². The smallest absolute Gasteiger partial charge is 0.261 e. The Labute approximate surface area is 188 Å². The van der Waals surface area contributed by atoms with Crippen molar-refractivity contribution in [3.05, 3.63) is 77.5 Å². The summed E-state index contributed by atoms with van der Waals surface area (Å²) in [6, 6.07) is 9.17. The van der Waals surface area contributed by atoms with Gasteiger partial charge < -0.3 is 20.4 Å². The van der Waals surface area contributed by atoms with Crippen LogP contribution in [0.25, 0.3) is 16.2 Å². The van der Waals surface area contributed by atoms with Crippen LogP contribution in [0.15, 0.2) is 61.3 Å². The standard InChI is InChI=1S/C23H21N5O3S/c1-24-23(30)20-10-18-19(12-25-13-21(18)32-20)31-17-5-2-15(3-6-17)4-7-22(29)27-9-8-16-11-26-14-28-16/h2-7,10-14H,8-9H2,1H3,(H,24,30)(H,26,28)(H,27,29). The minimum Gasteiger partial charge on any atom is -0.455 e. The molecular weight excluding hydrogens is 426 g/mol. The minimum atomic E-state index is -0.160. The lowest BCUT2D eigenvalue weighted by Gasteiger charge is -2.06. The van der Waals surface area contributed by atoms with Crippen molar-refractivity contribution in [3.63, 3.8) is 0 Å². The van der Waals surface area contributed by atoms with Crippen LogP contribution >= 0.6 is 11.3 Å². The third-order valence-electron chi connectivity index (χ3n) is 4.64. The number of nitrogens with one attached hydrogen (secondary N) is 3. The van der Waals surface area contributed by atoms with Gasteiger partial charge in [-0.25, -0.2) is 4.98 Å². The predicted molar refractivity (Wildman–Crippen MR) is 124 cm³/mol. The first-order valence-electron chi connectivity index (χ1n) is 9.93. The van der Waals surface area contributed by atoms with E-state index in [9.17, 15) is 9.59 Å². The first kappa shape index (κ1) is 21.3. The highest BCUT2D eigenvalue weighted by molar-refractivity contribution is 7.20. The summed E-state index contributed by atoms with van der Waals surface area (Å²) in [6.45, 7) is 0.530. The van der Waals surface area contributed by atoms with Crippen molar-refractivity contribution >= 4 is 39.3 Å². The number of fused-ring (bicyclic) bond motifs is 1. The van der Waals surface area contributed by atoms with E-state index in [0.717, 1.165) is 21.3 Å². The van der Waals surface area contributed by atoms with Crippen molar-refractivity contribution in [2.45, 2.75) is 6.42 Å². The molecule has 9 heteroatoms. The molecule has 0 aliphatic rings. The van der Waals surface area contributed by atoms with Crippen molar-refractivity contribution < 1.29 is 14.3 Å². The number of hydrogen-bond acceptors (Lipinski definition) is 6. The van der Waals surface area contributed by atoms with E-state index in [2.05, 4.69) is 25.6 Å². The van der Waals surface area contributed by atoms with Crippen LogP contribution in [0.3, 0.4) is 0 Å². The normalized spacial score (nSPS) is 11.0. The second-order valence-electron chi connectivity index (χ2n) is 6.86. The largest absolute Gasteiger partial charge is 0.455 e. The summed E-state index contributed by atoms with van der Waals surface area (Å²) in [4.78, 5) is 35.6. The Kier molecular flexibility index (Phi) is 6.57. The summed E-state index contributed by atoms with van der Waals surface area (Å²) in [5, 5.41) is 6.29. The van der Waals surface area contributed by atoms with Crippen molar-refractivity contribution in [2.75, 3.05) is 13.6 Å². The van der Waals surface area contributed by atoms with Crippen LogP contribution in [-0.2, 0) is 11.2 Å². The number of H-pyrrole nitrogens is 1. The molecule has 0 saturated heterocycles. The average molecular weight is 448 g/mol. The SMILES string of the molecule is CNC(=O)c1cc2c(Oc3ccc(C=CC(=O)NCCc4cnc[nH]4)cc3)cncc2s1. The average Bonchev–Trinajstić information content (AvgIpc) is 3.48. The minimum absolute atomic E-state index is 0.140. The number of carbonyl (C=O) groups excluding carboxylic acids is 2. The Balaban J connectivity index is 1.36. The number of imidazole rings is 1. The van der Waals surface area contributed by atoms with Crippen LogP contribution < -0.4 is 15.4 Å². The zero-order valence-electron chi connectivity index (χ0n) is 17.3. The fourth-order valence-electron chi connectivity index (χ4n) is 3.00. The third kappa shape index (κ3) is 5.19. The van der Waals surface area contributed by atoms with E-state index < -0.39 is 0 Å². The number of hydrogen-bond donors (Lipinski definition) is 3. The zero-order valence-corrected chi connectivity index (χ0v) is 18.1. The Bertz CT molecular complexity index is 1250. The van der Waals surface area contributed by atoms with Gasteiger partial charge in [0.1, 0.15) is 5.75 Å². The second kappa shape index (κ2) is 9.88. The van der Waals surface area contributed by atoms with E-state index in [1.165, 1.54) is 17.4 Å². The van der Waals surface area contributed by atoms with E-state index in [0.29, 0.717) is 29.3 Å². The number of benzene rings is 1. The van der Waals surface area contributed by atoms with Gasteiger partial charge in [-0.15, -0.1) is 11.3 Å². The Morgan fingerprint density at radius 3 is 2.75 bits per heavy atom. The van der Waals surface area contributed by atoms with Gasteiger partial charge in [0, 0.05) is 49.6 Å². The molecule has 162 valence electrons. The second-order valence-corrected chi connectivity index (χ2v) is 7.95. The molecule has 8 nitrogen and oxygen atoms in total. The highest BCUT2D eigenvalue weighted by Crippen LogP contribution is 2.34. The summed E-state index contributed by atoms with van der Waals surface area (Å²) in [7, 11) is 1.60. The maximum absolute atomic E-state index is 12.0. The molecule has 0 atom stereocenters. The fraction of sp³-hybridized carbons (Fsp3) is 0.130. The number of ether oxygens (including phenoxy) is 1. The van der Waals surface area contributed by atoms with Gasteiger partial charge >= 0.3 is 0 Å². The fourth-order valence-corrected chi connectivity index (χ4v) is 3.99. The van der Waals surface area contributed by atoms with Gasteiger partial charge in [0.05, 0.1) is 22.1 Å². The number of carbonyl (C=O) groups is 2. The van der Waals surface area contributed by atoms with Crippen molar-refractivity contribution in [2.24, 2.45) is 0 Å². The molecule has 3 N–H and O–H groups in total. The van der Waals surface area contributed by atoms with E-state index in [1.54, 1.807) is 44.1 Å². The van der Waals surface area contributed by atoms with Crippen LogP contribution in [0.5, 0.6) is 11.5 Å². The van der Waals surface area contributed by atoms with Gasteiger partial charge in [-0.3, -0.25) is 14.6 Å². The molecule has 0 spiro atoms. The Morgan fingerprint density at radius 2 is 2.00 bits per heavy atom. The quantitative estimate of drug-likeness (QED) is 0.358. The summed E-state index contributed by atoms with van der Waals surface area (Å²) in [5.41, 5.74) is 1.85. The van der Waals surface area contributed by atoms with Crippen molar-refractivity contribution in [3.8, 4) is 11.5 Å². The van der Waals surface area contributed by atoms with E-state index in [-0.39, 0.29) is 11.8 Å². The molecule has 0 saturated carbocycles. The Morgan fingerprint density at radius 1 is 1.16 bits per heavy atom. The molecule has 3 heterocycles. The van der Waals surface area contributed by atoms with Crippen LogP contribution in [0.1, 0.15) is 20.9 Å². The van der Waals surface area contributed by atoms with E-state index >= 15 is 0 Å². The first-order valence-corrected chi connectivity index (χ1v) is 10.7. The molecule has 0 aliphatic carbocycles. The van der Waals surface area contributed by atoms with Crippen molar-refractivity contribution in [1.82, 2.24) is 25.6 Å². The van der Waals surface area contributed by atoms with Gasteiger partial charge in [-0.1, -0.05) is 12.1 Å². The van der Waals surface area contributed by atoms with Crippen LogP contribution in [-0.4, -0.2) is 40.4 Å². The molecule has 0 fully saturated rings. The van der Waals surface area contributed by atoms with E-state index in [4.69, 9.17) is 4.74 Å². The predicted octanol–water partition coefficient (Wildman–Crippen LogP) is 3.54. The number of rotatable bonds is 8. The van der Waals surface area contributed by atoms with Gasteiger partial charge in [-0.05, 0) is 29.8 Å². The molecule has 3 aromatic heterocycles. The Hall–Kier alpha value is -3.98. The van der Waals surface area contributed by atoms with Gasteiger partial charge in [0.2, 0.25) is 5.91 Å². The number of amides is 2. The number of nitrogens with zero attached hydrogens (tertiary/aromatic N) is 2. The molecular formula is C23H21N5O3S. The van der Waals surface area contributed by atoms with E-state index in [1.807, 2.05) is 24.3 Å². The lowest BCUT2D eigenvalue weighted by Crippen LogP contribution is -2.23. The highest BCUT2D eigenvalue weighted by Gasteiger charge is 2.13. The number of aromatic amines is 1. The lowest BCUT2D eigenvalue weighted by atomic mass is 10.2. The summed E-state index contributed by atoms with van der Waals surface area (Å²) < 4.78 is 6.86. The summed E-state index contributed by atoms with van der Waals surface area (Å²) >= 11 is 1.36. The topological polar surface area (TPSA) is 109 Å². The highest BCUT2D eigenvalue weighted by atomic mass is 32.1. The molecule has 0 unspecified atom stereocenters. The molecule has 1 aromatic carbocycles. The summed E-state index contributed by atoms with van der Waals surface area (Å²) in [6.07, 6.45) is 10.6. The molecule has 0 radical (unpaired) electrons. The maximum Gasteiger partial charge on any atom is 0.261 e. The summed E-state index contributed by atoms with van der Waals surface area (Å²) in [5.74, 6) is 0.910. The van der Waals surface area contributed by atoms with Gasteiger partial charge in [0.25, 0.3) is 5.91 Å². The molecule has 4 aromatic rings. The zero-order chi connectivity index (χ0) is 22.3. The number of thiophene rings is 1. The molecule has 32 heavy (non-hydrogen) atoms. The van der Waals surface area contributed by atoms with Crippen molar-refractivity contribution in [1.29, 1.82) is 0 Å². The van der Waals surface area contributed by atoms with Gasteiger partial charge in [-0.2, -0.15) is 0 Å². The maximum atomic E-state index is 12.0. The molecule has 0 aliphatic heterocycles. The molecule has 2 amide bonds. The van der Waals surface area contributed by atoms with Crippen LogP contribution in [0.4, 0.5) is 0 Å². The van der Waals surface area contributed by atoms with Crippen LogP contribution in [0.2, 0.25) is 0 Å². The monoisotopic (exact) mass is 447 g/mol. The lowest BCUT2D eigenvalue weighted by molar-refractivity contribution is -0.116.